The van der Waals surface area contributed by atoms with Gasteiger partial charge in [-0.1, -0.05) is 36.7 Å². The minimum atomic E-state index is 0.218. The zero-order valence-electron chi connectivity index (χ0n) is 13.8. The number of carbonyl (C=O) groups is 1. The van der Waals surface area contributed by atoms with Crippen molar-refractivity contribution in [2.24, 2.45) is 16.7 Å². The Bertz CT molecular complexity index is 358. The number of halogens is 1. The highest BCUT2D eigenvalue weighted by Gasteiger charge is 2.37. The molecule has 2 heterocycles. The van der Waals surface area contributed by atoms with E-state index >= 15 is 0 Å². The normalized spacial score (nSPS) is 27.5. The van der Waals surface area contributed by atoms with Crippen LogP contribution in [0.3, 0.4) is 0 Å². The van der Waals surface area contributed by atoms with Crippen LogP contribution in [0.2, 0.25) is 0 Å². The van der Waals surface area contributed by atoms with Gasteiger partial charge in [-0.25, -0.2) is 0 Å². The maximum atomic E-state index is 12.5. The van der Waals surface area contributed by atoms with Crippen LogP contribution in [0, 0.1) is 16.7 Å². The SMILES string of the molecule is CC(C)(C)C1CCC(=O)N(CC2(CBr)CCOCC2)CC1. The lowest BCUT2D eigenvalue weighted by Crippen LogP contribution is -2.45. The highest BCUT2D eigenvalue weighted by Crippen LogP contribution is 2.37. The Balaban J connectivity index is 2.00. The minimum absolute atomic E-state index is 0.218. The van der Waals surface area contributed by atoms with Crippen LogP contribution in [-0.4, -0.2) is 42.4 Å². The average molecular weight is 360 g/mol. The molecule has 2 aliphatic rings. The smallest absolute Gasteiger partial charge is 0.222 e. The second-order valence-corrected chi connectivity index (χ2v) is 8.51. The first-order valence-corrected chi connectivity index (χ1v) is 9.40. The molecule has 2 fully saturated rings. The van der Waals surface area contributed by atoms with Gasteiger partial charge in [-0.3, -0.25) is 4.79 Å². The molecule has 4 heteroatoms. The molecule has 1 unspecified atom stereocenters. The topological polar surface area (TPSA) is 29.5 Å². The number of alkyl halides is 1. The lowest BCUT2D eigenvalue weighted by Gasteiger charge is -2.39. The number of rotatable bonds is 3. The summed E-state index contributed by atoms with van der Waals surface area (Å²) in [6, 6.07) is 0. The molecule has 21 heavy (non-hydrogen) atoms. The van der Waals surface area contributed by atoms with Crippen LogP contribution in [0.15, 0.2) is 0 Å². The minimum Gasteiger partial charge on any atom is -0.381 e. The molecule has 2 aliphatic heterocycles. The maximum absolute atomic E-state index is 12.5. The summed E-state index contributed by atoms with van der Waals surface area (Å²) in [5.74, 6) is 1.01. The van der Waals surface area contributed by atoms with Crippen LogP contribution < -0.4 is 0 Å². The van der Waals surface area contributed by atoms with Gasteiger partial charge in [-0.15, -0.1) is 0 Å². The van der Waals surface area contributed by atoms with E-state index in [1.165, 1.54) is 0 Å². The molecule has 0 saturated carbocycles. The van der Waals surface area contributed by atoms with E-state index in [4.69, 9.17) is 4.74 Å². The molecule has 3 nitrogen and oxygen atoms in total. The number of likely N-dealkylation sites (tertiary alicyclic amines) is 1. The van der Waals surface area contributed by atoms with Crippen molar-refractivity contribution in [3.8, 4) is 0 Å². The summed E-state index contributed by atoms with van der Waals surface area (Å²) in [6.07, 6.45) is 5.03. The van der Waals surface area contributed by atoms with Crippen molar-refractivity contribution in [2.75, 3.05) is 31.6 Å². The Morgan fingerprint density at radius 1 is 1.29 bits per heavy atom. The summed E-state index contributed by atoms with van der Waals surface area (Å²) >= 11 is 3.68. The van der Waals surface area contributed by atoms with Crippen molar-refractivity contribution in [1.82, 2.24) is 4.90 Å². The number of amides is 1. The Labute approximate surface area is 137 Å². The lowest BCUT2D eigenvalue weighted by molar-refractivity contribution is -0.133. The Morgan fingerprint density at radius 3 is 2.52 bits per heavy atom. The van der Waals surface area contributed by atoms with Gasteiger partial charge in [-0.05, 0) is 37.0 Å². The van der Waals surface area contributed by atoms with Gasteiger partial charge in [0, 0.05) is 43.5 Å². The summed E-state index contributed by atoms with van der Waals surface area (Å²) in [7, 11) is 0. The molecule has 1 atom stereocenters. The van der Waals surface area contributed by atoms with Crippen molar-refractivity contribution in [1.29, 1.82) is 0 Å². The molecule has 2 rings (SSSR count). The standard InChI is InChI=1S/C17H30BrNO2/c1-16(2,3)14-4-5-15(20)19(9-6-14)13-17(12-18)7-10-21-11-8-17/h14H,4-13H2,1-3H3. The predicted molar refractivity (Wildman–Crippen MR) is 89.7 cm³/mol. The molecule has 0 N–H and O–H groups in total. The van der Waals surface area contributed by atoms with Crippen LogP contribution in [0.1, 0.15) is 52.9 Å². The monoisotopic (exact) mass is 359 g/mol. The van der Waals surface area contributed by atoms with Crippen LogP contribution in [0.25, 0.3) is 0 Å². The van der Waals surface area contributed by atoms with Crippen molar-refractivity contribution < 1.29 is 9.53 Å². The zero-order chi connectivity index (χ0) is 15.5. The Kier molecular flexibility index (Phi) is 5.75. The fourth-order valence-corrected chi connectivity index (χ4v) is 4.35. The van der Waals surface area contributed by atoms with Gasteiger partial charge in [0.05, 0.1) is 0 Å². The quantitative estimate of drug-likeness (QED) is 0.716. The molecule has 0 aliphatic carbocycles. The van der Waals surface area contributed by atoms with Crippen LogP contribution in [0.4, 0.5) is 0 Å². The Morgan fingerprint density at radius 2 is 1.95 bits per heavy atom. The third-order valence-electron chi connectivity index (χ3n) is 5.39. The molecular formula is C17H30BrNO2. The molecule has 0 bridgehead atoms. The van der Waals surface area contributed by atoms with Gasteiger partial charge >= 0.3 is 0 Å². The van der Waals surface area contributed by atoms with Crippen LogP contribution in [-0.2, 0) is 9.53 Å². The molecular weight excluding hydrogens is 330 g/mol. The first-order chi connectivity index (χ1) is 9.86. The molecule has 0 aromatic carbocycles. The molecule has 0 aromatic heterocycles. The Hall–Kier alpha value is -0.0900. The second-order valence-electron chi connectivity index (χ2n) is 7.95. The second kappa shape index (κ2) is 6.99. The van der Waals surface area contributed by atoms with Crippen LogP contribution >= 0.6 is 15.9 Å². The number of ether oxygens (including phenoxy) is 1. The summed E-state index contributed by atoms with van der Waals surface area (Å²) in [4.78, 5) is 14.6. The van der Waals surface area contributed by atoms with E-state index in [2.05, 4.69) is 41.6 Å². The van der Waals surface area contributed by atoms with Gasteiger partial charge in [0.1, 0.15) is 0 Å². The first kappa shape index (κ1) is 17.3. The molecule has 0 radical (unpaired) electrons. The van der Waals surface area contributed by atoms with Crippen molar-refractivity contribution in [3.63, 3.8) is 0 Å². The average Bonchev–Trinajstić information content (AvgIpc) is 2.62. The highest BCUT2D eigenvalue weighted by molar-refractivity contribution is 9.09. The van der Waals surface area contributed by atoms with Crippen molar-refractivity contribution >= 4 is 21.8 Å². The third-order valence-corrected chi connectivity index (χ3v) is 6.58. The van der Waals surface area contributed by atoms with E-state index in [1.807, 2.05) is 0 Å². The summed E-state index contributed by atoms with van der Waals surface area (Å²) in [6.45, 7) is 10.4. The molecule has 0 aromatic rings. The van der Waals surface area contributed by atoms with Gasteiger partial charge in [0.2, 0.25) is 5.91 Å². The van der Waals surface area contributed by atoms with E-state index in [0.717, 1.165) is 63.7 Å². The number of nitrogens with zero attached hydrogens (tertiary/aromatic N) is 1. The van der Waals surface area contributed by atoms with Crippen LogP contribution in [0.5, 0.6) is 0 Å². The number of hydrogen-bond donors (Lipinski definition) is 0. The number of carbonyl (C=O) groups excluding carboxylic acids is 1. The summed E-state index contributed by atoms with van der Waals surface area (Å²) < 4.78 is 5.50. The molecule has 2 saturated heterocycles. The summed E-state index contributed by atoms with van der Waals surface area (Å²) in [5.41, 5.74) is 0.525. The van der Waals surface area contributed by atoms with E-state index < -0.39 is 0 Å². The van der Waals surface area contributed by atoms with Gasteiger partial charge in [-0.2, -0.15) is 0 Å². The van der Waals surface area contributed by atoms with E-state index in [0.29, 0.717) is 17.2 Å². The molecule has 1 amide bonds. The first-order valence-electron chi connectivity index (χ1n) is 8.28. The predicted octanol–water partition coefficient (Wildman–Crippen LogP) is 3.85. The largest absolute Gasteiger partial charge is 0.381 e. The van der Waals surface area contributed by atoms with E-state index in [-0.39, 0.29) is 5.41 Å². The zero-order valence-corrected chi connectivity index (χ0v) is 15.4. The van der Waals surface area contributed by atoms with E-state index in [9.17, 15) is 4.79 Å². The van der Waals surface area contributed by atoms with Gasteiger partial charge in [0.15, 0.2) is 0 Å². The van der Waals surface area contributed by atoms with Gasteiger partial charge < -0.3 is 9.64 Å². The van der Waals surface area contributed by atoms with Crippen molar-refractivity contribution in [2.45, 2.75) is 52.9 Å². The third kappa shape index (κ3) is 4.44. The number of hydrogen-bond acceptors (Lipinski definition) is 2. The van der Waals surface area contributed by atoms with E-state index in [1.54, 1.807) is 0 Å². The fraction of sp³-hybridized carbons (Fsp3) is 0.941. The fourth-order valence-electron chi connectivity index (χ4n) is 3.61. The summed E-state index contributed by atoms with van der Waals surface area (Å²) in [5, 5.41) is 0.968. The maximum Gasteiger partial charge on any atom is 0.222 e. The molecule has 122 valence electrons. The lowest BCUT2D eigenvalue weighted by atomic mass is 9.76. The highest BCUT2D eigenvalue weighted by atomic mass is 79.9. The molecule has 0 spiro atoms. The van der Waals surface area contributed by atoms with Gasteiger partial charge in [0.25, 0.3) is 0 Å². The van der Waals surface area contributed by atoms with Crippen molar-refractivity contribution in [3.05, 3.63) is 0 Å².